The molecule has 0 N–H and O–H groups in total. The quantitative estimate of drug-likeness (QED) is 0.790. The zero-order chi connectivity index (χ0) is 11.7. The van der Waals surface area contributed by atoms with Crippen LogP contribution in [0.25, 0.3) is 11.1 Å². The van der Waals surface area contributed by atoms with Crippen LogP contribution >= 0.6 is 0 Å². The summed E-state index contributed by atoms with van der Waals surface area (Å²) < 4.78 is 11.0. The molecule has 86 valence electrons. The van der Waals surface area contributed by atoms with Gasteiger partial charge in [-0.25, -0.2) is 0 Å². The molecule has 1 aliphatic rings. The van der Waals surface area contributed by atoms with Crippen molar-refractivity contribution in [3.63, 3.8) is 0 Å². The highest BCUT2D eigenvalue weighted by Crippen LogP contribution is 2.40. The number of methoxy groups -OCH3 is 1. The summed E-state index contributed by atoms with van der Waals surface area (Å²) in [6, 6.07) is 8.18. The number of hydrogen-bond donors (Lipinski definition) is 0. The molecule has 0 unspecified atom stereocenters. The largest absolute Gasteiger partial charge is 0.494 e. The van der Waals surface area contributed by atoms with Gasteiger partial charge >= 0.3 is 0 Å². The van der Waals surface area contributed by atoms with E-state index < -0.39 is 0 Å². The second-order valence-corrected chi connectivity index (χ2v) is 3.97. The Hall–Kier alpha value is -2.03. The highest BCUT2D eigenvalue weighted by Gasteiger charge is 2.18. The van der Waals surface area contributed by atoms with E-state index in [1.807, 2.05) is 6.07 Å². The van der Waals surface area contributed by atoms with Crippen LogP contribution in [-0.4, -0.2) is 18.7 Å². The van der Waals surface area contributed by atoms with Crippen molar-refractivity contribution in [2.75, 3.05) is 13.7 Å². The smallest absolute Gasteiger partial charge is 0.145 e. The SMILES string of the molecule is COc1cnccc1-c1cccc2c1OCC2. The van der Waals surface area contributed by atoms with Crippen LogP contribution in [0.5, 0.6) is 11.5 Å². The van der Waals surface area contributed by atoms with Crippen molar-refractivity contribution in [1.29, 1.82) is 0 Å². The number of fused-ring (bicyclic) bond motifs is 1. The van der Waals surface area contributed by atoms with E-state index in [1.54, 1.807) is 19.5 Å². The van der Waals surface area contributed by atoms with E-state index in [4.69, 9.17) is 9.47 Å². The molecule has 1 aliphatic heterocycles. The second kappa shape index (κ2) is 4.09. The van der Waals surface area contributed by atoms with Crippen molar-refractivity contribution < 1.29 is 9.47 Å². The number of ether oxygens (including phenoxy) is 2. The standard InChI is InChI=1S/C14H13NO2/c1-16-13-9-15-7-5-11(13)12-4-2-3-10-6-8-17-14(10)12/h2-5,7,9H,6,8H2,1H3. The number of rotatable bonds is 2. The number of pyridine rings is 1. The van der Waals surface area contributed by atoms with Crippen molar-refractivity contribution in [3.8, 4) is 22.6 Å². The Labute approximate surface area is 100 Å². The van der Waals surface area contributed by atoms with E-state index >= 15 is 0 Å². The lowest BCUT2D eigenvalue weighted by molar-refractivity contribution is 0.357. The Morgan fingerprint density at radius 1 is 1.24 bits per heavy atom. The Bertz CT molecular complexity index is 552. The summed E-state index contributed by atoms with van der Waals surface area (Å²) in [5.41, 5.74) is 3.38. The molecule has 0 fully saturated rings. The Kier molecular flexibility index (Phi) is 2.44. The molecule has 0 radical (unpaired) electrons. The van der Waals surface area contributed by atoms with Gasteiger partial charge in [-0.3, -0.25) is 4.98 Å². The first kappa shape index (κ1) is 10.1. The van der Waals surface area contributed by atoms with Crippen molar-refractivity contribution in [1.82, 2.24) is 4.98 Å². The highest BCUT2D eigenvalue weighted by molar-refractivity contribution is 5.77. The fourth-order valence-corrected chi connectivity index (χ4v) is 2.19. The number of para-hydroxylation sites is 1. The fourth-order valence-electron chi connectivity index (χ4n) is 2.19. The van der Waals surface area contributed by atoms with E-state index in [0.29, 0.717) is 0 Å². The summed E-state index contributed by atoms with van der Waals surface area (Å²) in [5, 5.41) is 0. The molecule has 3 rings (SSSR count). The fraction of sp³-hybridized carbons (Fsp3) is 0.214. The van der Waals surface area contributed by atoms with Gasteiger partial charge in [-0.2, -0.15) is 0 Å². The maximum Gasteiger partial charge on any atom is 0.145 e. The molecule has 2 heterocycles. The maximum absolute atomic E-state index is 5.71. The number of nitrogens with zero attached hydrogens (tertiary/aromatic N) is 1. The molecule has 1 aromatic heterocycles. The first-order valence-corrected chi connectivity index (χ1v) is 5.63. The van der Waals surface area contributed by atoms with Crippen LogP contribution < -0.4 is 9.47 Å². The lowest BCUT2D eigenvalue weighted by atomic mass is 10.0. The molecule has 0 saturated carbocycles. The molecular formula is C14H13NO2. The predicted molar refractivity (Wildman–Crippen MR) is 65.4 cm³/mol. The summed E-state index contributed by atoms with van der Waals surface area (Å²) in [6.45, 7) is 0.764. The Morgan fingerprint density at radius 3 is 3.06 bits per heavy atom. The molecule has 1 aromatic carbocycles. The normalized spacial score (nSPS) is 13.0. The summed E-state index contributed by atoms with van der Waals surface area (Å²) in [7, 11) is 1.66. The molecule has 3 nitrogen and oxygen atoms in total. The third-order valence-corrected chi connectivity index (χ3v) is 3.01. The summed E-state index contributed by atoms with van der Waals surface area (Å²) in [6.07, 6.45) is 4.48. The zero-order valence-corrected chi connectivity index (χ0v) is 9.64. The number of benzene rings is 1. The molecule has 0 amide bonds. The molecule has 2 aromatic rings. The monoisotopic (exact) mass is 227 g/mol. The topological polar surface area (TPSA) is 31.4 Å². The van der Waals surface area contributed by atoms with Gasteiger partial charge in [0.15, 0.2) is 0 Å². The lowest BCUT2D eigenvalue weighted by Gasteiger charge is -2.11. The minimum absolute atomic E-state index is 0.764. The first-order chi connectivity index (χ1) is 8.40. The van der Waals surface area contributed by atoms with E-state index in [-0.39, 0.29) is 0 Å². The average molecular weight is 227 g/mol. The third-order valence-electron chi connectivity index (χ3n) is 3.01. The Balaban J connectivity index is 2.19. The summed E-state index contributed by atoms with van der Waals surface area (Å²) in [4.78, 5) is 4.07. The third kappa shape index (κ3) is 1.64. The van der Waals surface area contributed by atoms with Crippen LogP contribution in [0, 0.1) is 0 Å². The molecule has 0 aliphatic carbocycles. The van der Waals surface area contributed by atoms with Crippen LogP contribution in [0.4, 0.5) is 0 Å². The van der Waals surface area contributed by atoms with Crippen LogP contribution in [-0.2, 0) is 6.42 Å². The minimum Gasteiger partial charge on any atom is -0.494 e. The van der Waals surface area contributed by atoms with Crippen molar-refractivity contribution in [2.24, 2.45) is 0 Å². The van der Waals surface area contributed by atoms with Gasteiger partial charge in [-0.15, -0.1) is 0 Å². The predicted octanol–water partition coefficient (Wildman–Crippen LogP) is 2.69. The first-order valence-electron chi connectivity index (χ1n) is 5.63. The molecule has 3 heteroatoms. The van der Waals surface area contributed by atoms with E-state index in [2.05, 4.69) is 23.2 Å². The minimum atomic E-state index is 0.764. The Morgan fingerprint density at radius 2 is 2.18 bits per heavy atom. The van der Waals surface area contributed by atoms with Gasteiger partial charge in [-0.05, 0) is 11.6 Å². The van der Waals surface area contributed by atoms with Gasteiger partial charge < -0.3 is 9.47 Å². The van der Waals surface area contributed by atoms with Crippen LogP contribution in [0.2, 0.25) is 0 Å². The highest BCUT2D eigenvalue weighted by atomic mass is 16.5. The summed E-state index contributed by atoms with van der Waals surface area (Å²) in [5.74, 6) is 1.76. The number of aromatic nitrogens is 1. The summed E-state index contributed by atoms with van der Waals surface area (Å²) >= 11 is 0. The van der Waals surface area contributed by atoms with Gasteiger partial charge in [-0.1, -0.05) is 18.2 Å². The van der Waals surface area contributed by atoms with Crippen LogP contribution in [0.1, 0.15) is 5.56 Å². The maximum atomic E-state index is 5.71. The van der Waals surface area contributed by atoms with Gasteiger partial charge in [0, 0.05) is 23.7 Å². The molecule has 0 atom stereocenters. The van der Waals surface area contributed by atoms with Crippen LogP contribution in [0.3, 0.4) is 0 Å². The zero-order valence-electron chi connectivity index (χ0n) is 9.64. The molecule has 0 spiro atoms. The van der Waals surface area contributed by atoms with E-state index in [1.165, 1.54) is 5.56 Å². The molecule has 17 heavy (non-hydrogen) atoms. The average Bonchev–Trinajstić information content (AvgIpc) is 2.86. The van der Waals surface area contributed by atoms with E-state index in [0.717, 1.165) is 35.7 Å². The van der Waals surface area contributed by atoms with Gasteiger partial charge in [0.05, 0.1) is 19.9 Å². The van der Waals surface area contributed by atoms with Gasteiger partial charge in [0.25, 0.3) is 0 Å². The van der Waals surface area contributed by atoms with Crippen molar-refractivity contribution in [2.45, 2.75) is 6.42 Å². The van der Waals surface area contributed by atoms with Crippen molar-refractivity contribution >= 4 is 0 Å². The molecular weight excluding hydrogens is 214 g/mol. The van der Waals surface area contributed by atoms with Crippen molar-refractivity contribution in [3.05, 3.63) is 42.2 Å². The van der Waals surface area contributed by atoms with Crippen LogP contribution in [0.15, 0.2) is 36.7 Å². The lowest BCUT2D eigenvalue weighted by Crippen LogP contribution is -1.92. The second-order valence-electron chi connectivity index (χ2n) is 3.97. The van der Waals surface area contributed by atoms with Gasteiger partial charge in [0.2, 0.25) is 0 Å². The molecule has 0 bridgehead atoms. The number of hydrogen-bond acceptors (Lipinski definition) is 3. The van der Waals surface area contributed by atoms with E-state index in [9.17, 15) is 0 Å². The van der Waals surface area contributed by atoms with Gasteiger partial charge in [0.1, 0.15) is 11.5 Å². The molecule has 0 saturated heterocycles.